The van der Waals surface area contributed by atoms with E-state index in [2.05, 4.69) is 46.3 Å². The molecule has 3 heterocycles. The number of piperazine rings is 1. The third-order valence-corrected chi connectivity index (χ3v) is 13.3. The van der Waals surface area contributed by atoms with Crippen molar-refractivity contribution >= 4 is 88.3 Å². The topological polar surface area (TPSA) is 452 Å². The van der Waals surface area contributed by atoms with E-state index in [-0.39, 0.29) is 30.7 Å². The lowest BCUT2D eigenvalue weighted by molar-refractivity contribution is -0.193. The van der Waals surface area contributed by atoms with E-state index in [1.807, 2.05) is 42.5 Å². The molecule has 16 N–H and O–H groups in total. The molecule has 5 rings (SSSR count). The number of aliphatic carboxylic acids is 5. The van der Waals surface area contributed by atoms with E-state index in [4.69, 9.17) is 66.7 Å². The molecule has 0 radical (unpaired) electrons. The van der Waals surface area contributed by atoms with E-state index in [9.17, 15) is 94.6 Å². The Morgan fingerprint density at radius 1 is 0.576 bits per heavy atom. The van der Waals surface area contributed by atoms with Gasteiger partial charge in [0, 0.05) is 52.7 Å². The number of carbonyl (C=O) groups excluding carboxylic acids is 6. The maximum atomic E-state index is 13.9. The zero-order chi connectivity index (χ0) is 76.4. The van der Waals surface area contributed by atoms with Crippen LogP contribution in [-0.2, 0) is 47.9 Å². The average molecular weight is 1460 g/mol. The third kappa shape index (κ3) is 37.4. The van der Waals surface area contributed by atoms with E-state index in [1.165, 1.54) is 26.7 Å². The minimum Gasteiger partial charge on any atom is -0.475 e. The van der Waals surface area contributed by atoms with Gasteiger partial charge in [0.15, 0.2) is 5.96 Å². The number of piperidine rings is 1. The highest BCUT2D eigenvalue weighted by Crippen LogP contribution is 2.38. The lowest BCUT2D eigenvalue weighted by atomic mass is 9.91. The molecule has 0 aromatic heterocycles. The second kappa shape index (κ2) is 42.6. The maximum Gasteiger partial charge on any atom is 0.490 e. The van der Waals surface area contributed by atoms with Crippen molar-refractivity contribution in [3.63, 3.8) is 0 Å². The van der Waals surface area contributed by atoms with Crippen molar-refractivity contribution in [2.24, 2.45) is 28.1 Å². The summed E-state index contributed by atoms with van der Waals surface area (Å²) in [6.07, 6.45) is -18.8. The Bertz CT molecular complexity index is 2870. The fourth-order valence-electron chi connectivity index (χ4n) is 8.50. The SMILES string of the molecule is CC(=O)N[C@@H](CCCN)C(=O)NC(=O)[C@H](C)NC(=O)[C@H](CCN=C(N)N)NCCN1CCN(CCCCC2CCN(CC(=O)N3c4ccccc4NC(=O)c4ccccc43)CC2)CC1.O=C(O)C(F)(F)F.O=C(O)C(F)(F)F.O=C(O)C(F)(F)F.O=C(O)C(F)(F)F.O=C(O)C(F)(F)F. The standard InChI is InChI=1S/C45H69N13O6.5C2HF3O2/c1-31(41(61)54-44(64)37(13-9-19-46)52-32(2)59)51-43(63)36(16-20-50-45(47)48)49-21-25-56-28-26-55(27-29-56)22-8-7-10-33-17-23-57(24-18-33)30-40(60)58-38-14-5-3-11-34(38)42(62)53-35-12-4-6-15-39(35)58;5*3-2(4,5)1(6)7/h3-6,11-12,14-15,31,33,36-37,49H,7-10,13,16-30,46H2,1-2H3,(H,51,63)(H,52,59)(H,53,62)(H4,47,48,50)(H,54,61,64);5*(H,6,7)/t31-,36-,37-;;;;;/m0...../s1. The van der Waals surface area contributed by atoms with Crippen LogP contribution in [0.25, 0.3) is 0 Å². The van der Waals surface area contributed by atoms with Crippen LogP contribution in [0.15, 0.2) is 53.5 Å². The summed E-state index contributed by atoms with van der Waals surface area (Å²) in [6, 6.07) is 12.1. The molecule has 0 bridgehead atoms. The highest BCUT2D eigenvalue weighted by molar-refractivity contribution is 6.18. The van der Waals surface area contributed by atoms with Crippen LogP contribution in [0.4, 0.5) is 82.9 Å². The zero-order valence-corrected chi connectivity index (χ0v) is 52.4. The minimum absolute atomic E-state index is 0.0444. The number of nitrogens with zero attached hydrogens (tertiary/aromatic N) is 5. The number of benzene rings is 2. The summed E-state index contributed by atoms with van der Waals surface area (Å²) >= 11 is 0. The van der Waals surface area contributed by atoms with Crippen LogP contribution < -0.4 is 48.7 Å². The normalized spacial score (nSPS) is 15.3. The number of carboxylic acid groups (broad SMARTS) is 5. The number of rotatable bonds is 22. The number of para-hydroxylation sites is 3. The van der Waals surface area contributed by atoms with E-state index >= 15 is 0 Å². The largest absolute Gasteiger partial charge is 0.490 e. The number of unbranched alkanes of at least 4 members (excludes halogenated alkanes) is 1. The molecular weight excluding hydrogens is 1380 g/mol. The van der Waals surface area contributed by atoms with Crippen molar-refractivity contribution in [3.8, 4) is 0 Å². The van der Waals surface area contributed by atoms with Crippen molar-refractivity contribution in [1.29, 1.82) is 0 Å². The quantitative estimate of drug-likeness (QED) is 0.0347. The number of aliphatic imine (C=N–C) groups is 1. The Morgan fingerprint density at radius 2 is 1.02 bits per heavy atom. The number of likely N-dealkylation sites (tertiary alicyclic amines) is 1. The van der Waals surface area contributed by atoms with Gasteiger partial charge in [-0.3, -0.25) is 53.8 Å². The number of nitrogens with two attached hydrogens (primary N) is 3. The van der Waals surface area contributed by atoms with Gasteiger partial charge >= 0.3 is 60.7 Å². The maximum absolute atomic E-state index is 13.9. The third-order valence-electron chi connectivity index (χ3n) is 13.3. The molecule has 2 fully saturated rings. The van der Waals surface area contributed by atoms with Gasteiger partial charge in [-0.1, -0.05) is 37.1 Å². The molecule has 6 amide bonds. The number of nitrogens with one attached hydrogen (secondary N) is 5. The molecule has 2 aromatic carbocycles. The predicted molar refractivity (Wildman–Crippen MR) is 316 cm³/mol. The van der Waals surface area contributed by atoms with Gasteiger partial charge in [-0.05, 0) is 102 Å². The Balaban J connectivity index is 0.00000222. The number of halogens is 15. The summed E-state index contributed by atoms with van der Waals surface area (Å²) in [7, 11) is 0. The van der Waals surface area contributed by atoms with Gasteiger partial charge in [0.25, 0.3) is 5.91 Å². The molecule has 44 heteroatoms. The second-order valence-corrected chi connectivity index (χ2v) is 21.0. The van der Waals surface area contributed by atoms with Crippen LogP contribution in [0.5, 0.6) is 0 Å². The number of carbonyl (C=O) groups is 11. The van der Waals surface area contributed by atoms with Crippen molar-refractivity contribution in [3.05, 3.63) is 54.1 Å². The monoisotopic (exact) mass is 1460 g/mol. The highest BCUT2D eigenvalue weighted by atomic mass is 19.4. The van der Waals surface area contributed by atoms with Gasteiger partial charge < -0.3 is 68.9 Å². The molecule has 3 aliphatic rings. The second-order valence-electron chi connectivity index (χ2n) is 21.0. The van der Waals surface area contributed by atoms with Crippen LogP contribution >= 0.6 is 0 Å². The van der Waals surface area contributed by atoms with Crippen molar-refractivity contribution in [1.82, 2.24) is 36.0 Å². The molecule has 3 aliphatic heterocycles. The van der Waals surface area contributed by atoms with Crippen LogP contribution in [0, 0.1) is 5.92 Å². The van der Waals surface area contributed by atoms with Crippen LogP contribution in [0.2, 0.25) is 0 Å². The van der Waals surface area contributed by atoms with Gasteiger partial charge in [-0.25, -0.2) is 24.0 Å². The van der Waals surface area contributed by atoms with Gasteiger partial charge in [-0.2, -0.15) is 65.9 Å². The van der Waals surface area contributed by atoms with E-state index in [1.54, 1.807) is 11.0 Å². The number of carboxylic acids is 5. The van der Waals surface area contributed by atoms with Gasteiger partial charge in [0.2, 0.25) is 29.5 Å². The van der Waals surface area contributed by atoms with E-state index < -0.39 is 102 Å². The fourth-order valence-corrected chi connectivity index (χ4v) is 8.50. The lowest BCUT2D eigenvalue weighted by Crippen LogP contribution is -2.56. The number of hydrogen-bond acceptors (Lipinski definition) is 17. The zero-order valence-electron chi connectivity index (χ0n) is 52.4. The van der Waals surface area contributed by atoms with Crippen LogP contribution in [-0.4, -0.2) is 239 Å². The number of alkyl halides is 15. The van der Waals surface area contributed by atoms with Crippen LogP contribution in [0.3, 0.4) is 0 Å². The van der Waals surface area contributed by atoms with Crippen molar-refractivity contribution in [2.75, 3.05) is 88.8 Å². The molecule has 0 saturated carbocycles. The molecule has 0 spiro atoms. The summed E-state index contributed by atoms with van der Waals surface area (Å²) in [4.78, 5) is 135. The molecule has 99 heavy (non-hydrogen) atoms. The van der Waals surface area contributed by atoms with Crippen molar-refractivity contribution < 1.29 is 144 Å². The average Bonchev–Trinajstić information content (AvgIpc) is 1.68. The van der Waals surface area contributed by atoms with E-state index in [0.29, 0.717) is 61.0 Å². The number of fused-ring (bicyclic) bond motifs is 2. The summed E-state index contributed by atoms with van der Waals surface area (Å²) in [5.41, 5.74) is 19.0. The lowest BCUT2D eigenvalue weighted by Gasteiger charge is -2.35. The summed E-state index contributed by atoms with van der Waals surface area (Å²) in [6.45, 7) is 11.4. The fraction of sp³-hybridized carbons (Fsp3) is 0.564. The van der Waals surface area contributed by atoms with Crippen LogP contribution in [0.1, 0.15) is 75.6 Å². The molecular formula is C55H74F15N13O16. The summed E-state index contributed by atoms with van der Waals surface area (Å²) < 4.78 is 159. The van der Waals surface area contributed by atoms with Gasteiger partial charge in [0.1, 0.15) is 12.1 Å². The van der Waals surface area contributed by atoms with Crippen molar-refractivity contribution in [2.45, 2.75) is 114 Å². The first-order valence-electron chi connectivity index (χ1n) is 29.0. The Hall–Kier alpha value is -9.17. The Morgan fingerprint density at radius 3 is 1.46 bits per heavy atom. The minimum atomic E-state index is -5.08. The van der Waals surface area contributed by atoms with Gasteiger partial charge in [-0.15, -0.1) is 0 Å². The molecule has 2 aromatic rings. The first-order valence-corrected chi connectivity index (χ1v) is 29.0. The highest BCUT2D eigenvalue weighted by Gasteiger charge is 2.41. The Labute approximate surface area is 552 Å². The smallest absolute Gasteiger partial charge is 0.475 e. The van der Waals surface area contributed by atoms with E-state index in [0.717, 1.165) is 71.6 Å². The molecule has 2 saturated heterocycles. The first-order chi connectivity index (χ1) is 45.5. The Kier molecular flexibility index (Phi) is 38.7. The van der Waals surface area contributed by atoms with Gasteiger partial charge in [0.05, 0.1) is 35.2 Å². The first kappa shape index (κ1) is 89.8. The summed E-state index contributed by atoms with van der Waals surface area (Å²) in [5, 5.41) is 49.4. The summed E-state index contributed by atoms with van der Waals surface area (Å²) in [5.74, 6) is -15.7. The molecule has 0 aliphatic carbocycles. The molecule has 3 atom stereocenters. The predicted octanol–water partition coefficient (Wildman–Crippen LogP) is 3.60. The molecule has 29 nitrogen and oxygen atoms in total. The number of imide groups is 1. The molecule has 560 valence electrons. The number of hydrogen-bond donors (Lipinski definition) is 13. The molecule has 0 unspecified atom stereocenters. The number of amides is 6. The number of guanidine groups is 1. The number of anilines is 3.